The molecule has 0 saturated carbocycles. The average molecular weight is 375 g/mol. The van der Waals surface area contributed by atoms with Crippen molar-refractivity contribution in [1.82, 2.24) is 4.98 Å². The third-order valence-electron chi connectivity index (χ3n) is 2.35. The van der Waals surface area contributed by atoms with E-state index in [9.17, 15) is 8.42 Å². The molecule has 98 valence electrons. The SMILES string of the molecule is O=S(=O)(Nc1nc2c(Br)cccc2s1)c1cccs1. The number of aromatic nitrogens is 1. The van der Waals surface area contributed by atoms with Crippen molar-refractivity contribution >= 4 is 64.0 Å². The minimum Gasteiger partial charge on any atom is -0.254 e. The molecule has 0 radical (unpaired) electrons. The van der Waals surface area contributed by atoms with Crippen LogP contribution in [0.3, 0.4) is 0 Å². The van der Waals surface area contributed by atoms with Crippen LogP contribution in [0.15, 0.2) is 44.4 Å². The highest BCUT2D eigenvalue weighted by atomic mass is 79.9. The van der Waals surface area contributed by atoms with E-state index >= 15 is 0 Å². The number of nitrogens with one attached hydrogen (secondary N) is 1. The number of hydrogen-bond donors (Lipinski definition) is 1. The maximum Gasteiger partial charge on any atom is 0.273 e. The van der Waals surface area contributed by atoms with E-state index in [0.717, 1.165) is 14.7 Å². The van der Waals surface area contributed by atoms with Gasteiger partial charge in [0.25, 0.3) is 10.0 Å². The fourth-order valence-electron chi connectivity index (χ4n) is 1.54. The van der Waals surface area contributed by atoms with Crippen molar-refractivity contribution in [2.45, 2.75) is 4.21 Å². The first-order valence-electron chi connectivity index (χ1n) is 5.18. The Labute approximate surface area is 126 Å². The molecule has 3 aromatic rings. The summed E-state index contributed by atoms with van der Waals surface area (Å²) in [6.45, 7) is 0. The molecule has 0 atom stereocenters. The number of fused-ring (bicyclic) bond motifs is 1. The van der Waals surface area contributed by atoms with Crippen LogP contribution in [-0.2, 0) is 10.0 Å². The number of hydrogen-bond acceptors (Lipinski definition) is 5. The zero-order chi connectivity index (χ0) is 13.5. The standard InChI is InChI=1S/C11H7BrN2O2S3/c12-7-3-1-4-8-10(7)13-11(18-8)14-19(15,16)9-5-2-6-17-9/h1-6H,(H,13,14). The summed E-state index contributed by atoms with van der Waals surface area (Å²) in [4.78, 5) is 4.29. The lowest BCUT2D eigenvalue weighted by molar-refractivity contribution is 0.603. The summed E-state index contributed by atoms with van der Waals surface area (Å²) in [5.74, 6) is 0. The molecule has 2 heterocycles. The Morgan fingerprint density at radius 3 is 2.74 bits per heavy atom. The fourth-order valence-corrected chi connectivity index (χ4v) is 5.25. The molecule has 0 saturated heterocycles. The van der Waals surface area contributed by atoms with Gasteiger partial charge < -0.3 is 0 Å². The van der Waals surface area contributed by atoms with E-state index < -0.39 is 10.0 Å². The van der Waals surface area contributed by atoms with Gasteiger partial charge in [-0.3, -0.25) is 4.72 Å². The van der Waals surface area contributed by atoms with Gasteiger partial charge in [-0.2, -0.15) is 0 Å². The van der Waals surface area contributed by atoms with Crippen LogP contribution in [0.25, 0.3) is 10.2 Å². The van der Waals surface area contributed by atoms with Crippen molar-refractivity contribution in [3.63, 3.8) is 0 Å². The van der Waals surface area contributed by atoms with Crippen molar-refractivity contribution in [2.75, 3.05) is 4.72 Å². The molecule has 0 bridgehead atoms. The third kappa shape index (κ3) is 2.53. The minimum atomic E-state index is -3.53. The second-order valence-corrected chi connectivity index (χ2v) is 8.39. The average Bonchev–Trinajstić information content (AvgIpc) is 2.96. The summed E-state index contributed by atoms with van der Waals surface area (Å²) >= 11 is 5.88. The van der Waals surface area contributed by atoms with Crippen molar-refractivity contribution in [3.05, 3.63) is 40.2 Å². The highest BCUT2D eigenvalue weighted by Crippen LogP contribution is 2.32. The number of benzene rings is 1. The largest absolute Gasteiger partial charge is 0.273 e. The molecule has 0 aliphatic heterocycles. The molecule has 19 heavy (non-hydrogen) atoms. The van der Waals surface area contributed by atoms with Crippen LogP contribution in [0.5, 0.6) is 0 Å². The van der Waals surface area contributed by atoms with Crippen LogP contribution in [0, 0.1) is 0 Å². The van der Waals surface area contributed by atoms with Gasteiger partial charge in [-0.15, -0.1) is 11.3 Å². The molecular weight excluding hydrogens is 368 g/mol. The van der Waals surface area contributed by atoms with Gasteiger partial charge in [-0.25, -0.2) is 13.4 Å². The fraction of sp³-hybridized carbons (Fsp3) is 0. The van der Waals surface area contributed by atoms with Crippen LogP contribution in [0.1, 0.15) is 0 Å². The van der Waals surface area contributed by atoms with Crippen molar-refractivity contribution in [2.24, 2.45) is 0 Å². The van der Waals surface area contributed by atoms with E-state index in [1.807, 2.05) is 18.2 Å². The molecule has 1 N–H and O–H groups in total. The van der Waals surface area contributed by atoms with Crippen molar-refractivity contribution < 1.29 is 8.42 Å². The van der Waals surface area contributed by atoms with Crippen LogP contribution in [0.2, 0.25) is 0 Å². The van der Waals surface area contributed by atoms with Gasteiger partial charge in [0.2, 0.25) is 0 Å². The number of rotatable bonds is 3. The maximum atomic E-state index is 12.1. The van der Waals surface area contributed by atoms with Gasteiger partial charge >= 0.3 is 0 Å². The molecule has 0 amide bonds. The van der Waals surface area contributed by atoms with Crippen LogP contribution < -0.4 is 4.72 Å². The van der Waals surface area contributed by atoms with Gasteiger partial charge in [-0.05, 0) is 39.5 Å². The highest BCUT2D eigenvalue weighted by Gasteiger charge is 2.17. The van der Waals surface area contributed by atoms with Gasteiger partial charge in [0, 0.05) is 4.47 Å². The normalized spacial score (nSPS) is 11.8. The topological polar surface area (TPSA) is 59.1 Å². The zero-order valence-corrected chi connectivity index (χ0v) is 13.4. The van der Waals surface area contributed by atoms with Gasteiger partial charge in [0.15, 0.2) is 5.13 Å². The molecule has 4 nitrogen and oxygen atoms in total. The second kappa shape index (κ2) is 4.86. The predicted octanol–water partition coefficient (Wildman–Crippen LogP) is 3.92. The molecule has 0 aliphatic rings. The number of nitrogens with zero attached hydrogens (tertiary/aromatic N) is 1. The first-order valence-corrected chi connectivity index (χ1v) is 9.15. The maximum absolute atomic E-state index is 12.1. The van der Waals surface area contributed by atoms with Crippen molar-refractivity contribution in [1.29, 1.82) is 0 Å². The summed E-state index contributed by atoms with van der Waals surface area (Å²) in [5, 5.41) is 2.10. The molecule has 0 fully saturated rings. The molecule has 8 heteroatoms. The van der Waals surface area contributed by atoms with E-state index in [1.165, 1.54) is 22.7 Å². The van der Waals surface area contributed by atoms with Crippen molar-refractivity contribution in [3.8, 4) is 0 Å². The lowest BCUT2D eigenvalue weighted by Gasteiger charge is -2.00. The molecule has 1 aromatic carbocycles. The van der Waals surface area contributed by atoms with E-state index in [1.54, 1.807) is 17.5 Å². The summed E-state index contributed by atoms with van der Waals surface area (Å²) < 4.78 is 28.7. The molecule has 3 rings (SSSR count). The van der Waals surface area contributed by atoms with E-state index in [2.05, 4.69) is 25.6 Å². The number of sulfonamides is 1. The number of halogens is 1. The predicted molar refractivity (Wildman–Crippen MR) is 82.4 cm³/mol. The monoisotopic (exact) mass is 374 g/mol. The summed E-state index contributed by atoms with van der Waals surface area (Å²) in [7, 11) is -3.53. The Bertz CT molecular complexity index is 825. The smallest absolute Gasteiger partial charge is 0.254 e. The number of para-hydroxylation sites is 1. The van der Waals surface area contributed by atoms with Crippen LogP contribution in [-0.4, -0.2) is 13.4 Å². The quantitative estimate of drug-likeness (QED) is 0.755. The van der Waals surface area contributed by atoms with E-state index in [4.69, 9.17) is 0 Å². The first-order chi connectivity index (χ1) is 9.06. The Morgan fingerprint density at radius 2 is 2.05 bits per heavy atom. The number of thiazole rings is 1. The zero-order valence-electron chi connectivity index (χ0n) is 9.33. The van der Waals surface area contributed by atoms with Crippen LogP contribution >= 0.6 is 38.6 Å². The molecule has 0 unspecified atom stereocenters. The second-order valence-electron chi connectivity index (χ2n) is 3.64. The Morgan fingerprint density at radius 1 is 1.21 bits per heavy atom. The highest BCUT2D eigenvalue weighted by molar-refractivity contribution is 9.10. The third-order valence-corrected chi connectivity index (χ3v) is 6.79. The van der Waals surface area contributed by atoms with Gasteiger partial charge in [0.05, 0.1) is 10.2 Å². The minimum absolute atomic E-state index is 0.283. The lowest BCUT2D eigenvalue weighted by atomic mass is 10.3. The molecule has 0 aliphatic carbocycles. The van der Waals surface area contributed by atoms with Gasteiger partial charge in [0.1, 0.15) is 4.21 Å². The Hall–Kier alpha value is -0.960. The Kier molecular flexibility index (Phi) is 3.34. The van der Waals surface area contributed by atoms with E-state index in [-0.39, 0.29) is 4.21 Å². The van der Waals surface area contributed by atoms with E-state index in [0.29, 0.717) is 5.13 Å². The lowest BCUT2D eigenvalue weighted by Crippen LogP contribution is -2.10. The van der Waals surface area contributed by atoms with Gasteiger partial charge in [-0.1, -0.05) is 23.5 Å². The molecule has 2 aromatic heterocycles. The molecular formula is C11H7BrN2O2S3. The summed E-state index contributed by atoms with van der Waals surface area (Å²) in [6, 6.07) is 8.94. The Balaban J connectivity index is 2.00. The summed E-state index contributed by atoms with van der Waals surface area (Å²) in [6.07, 6.45) is 0. The molecule has 0 spiro atoms. The number of thiophene rings is 1. The van der Waals surface area contributed by atoms with Crippen LogP contribution in [0.4, 0.5) is 5.13 Å². The first kappa shape index (κ1) is 13.0. The number of anilines is 1. The summed E-state index contributed by atoms with van der Waals surface area (Å²) in [5.41, 5.74) is 0.761.